The second kappa shape index (κ2) is 10.3. The fourth-order valence-corrected chi connectivity index (χ4v) is 3.69. The van der Waals surface area contributed by atoms with Crippen molar-refractivity contribution in [3.05, 3.63) is 88.8 Å². The number of rotatable bonds is 5. The second-order valence-electron chi connectivity index (χ2n) is 8.07. The largest absolute Gasteiger partial charge is 0.416 e. The van der Waals surface area contributed by atoms with Gasteiger partial charge < -0.3 is 10.6 Å². The fourth-order valence-electron chi connectivity index (χ4n) is 3.51. The first kappa shape index (κ1) is 24.6. The van der Waals surface area contributed by atoms with Gasteiger partial charge in [-0.3, -0.25) is 4.79 Å². The number of hydrogen-bond acceptors (Lipinski definition) is 3. The van der Waals surface area contributed by atoms with Crippen LogP contribution in [0.15, 0.2) is 71.5 Å². The molecule has 3 rings (SSSR count). The van der Waals surface area contributed by atoms with Crippen LogP contribution in [0.25, 0.3) is 0 Å². The van der Waals surface area contributed by atoms with Gasteiger partial charge >= 0.3 is 6.18 Å². The molecule has 0 saturated heterocycles. The highest BCUT2D eigenvalue weighted by Gasteiger charge is 2.30. The van der Waals surface area contributed by atoms with E-state index in [4.69, 9.17) is 11.6 Å². The van der Waals surface area contributed by atoms with Crippen LogP contribution in [-0.2, 0) is 6.18 Å². The number of amides is 1. The van der Waals surface area contributed by atoms with E-state index in [-0.39, 0.29) is 17.5 Å². The lowest BCUT2D eigenvalue weighted by molar-refractivity contribution is -0.137. The zero-order valence-corrected chi connectivity index (χ0v) is 19.3. The summed E-state index contributed by atoms with van der Waals surface area (Å²) < 4.78 is 38.9. The highest BCUT2D eigenvalue weighted by atomic mass is 35.5. The van der Waals surface area contributed by atoms with Crippen molar-refractivity contribution in [3.8, 4) is 0 Å². The number of carbonyl (C=O) groups excluding carboxylic acids is 1. The molecule has 0 aliphatic carbocycles. The van der Waals surface area contributed by atoms with Crippen molar-refractivity contribution in [3.63, 3.8) is 0 Å². The molecular formula is C25H25ClF3N3O. The molecule has 174 valence electrons. The Kier molecular flexibility index (Phi) is 7.64. The highest BCUT2D eigenvalue weighted by molar-refractivity contribution is 6.68. The van der Waals surface area contributed by atoms with Crippen LogP contribution in [0.2, 0.25) is 0 Å². The predicted octanol–water partition coefficient (Wildman–Crippen LogP) is 6.99. The van der Waals surface area contributed by atoms with Crippen molar-refractivity contribution in [1.29, 1.82) is 0 Å². The summed E-state index contributed by atoms with van der Waals surface area (Å²) in [6.07, 6.45) is 2.09. The summed E-state index contributed by atoms with van der Waals surface area (Å²) >= 11 is 6.14. The fraction of sp³-hybridized carbons (Fsp3) is 0.280. The molecule has 1 unspecified atom stereocenters. The highest BCUT2D eigenvalue weighted by Crippen LogP contribution is 2.30. The van der Waals surface area contributed by atoms with Gasteiger partial charge in [0.1, 0.15) is 11.0 Å². The van der Waals surface area contributed by atoms with Crippen LogP contribution >= 0.6 is 11.6 Å². The van der Waals surface area contributed by atoms with Gasteiger partial charge in [-0.05, 0) is 79.8 Å². The van der Waals surface area contributed by atoms with Gasteiger partial charge in [-0.15, -0.1) is 0 Å². The molecule has 1 aliphatic rings. The van der Waals surface area contributed by atoms with E-state index in [0.29, 0.717) is 16.7 Å². The third kappa shape index (κ3) is 6.71. The van der Waals surface area contributed by atoms with Crippen LogP contribution in [0, 0.1) is 12.8 Å². The van der Waals surface area contributed by atoms with Crippen molar-refractivity contribution < 1.29 is 18.0 Å². The third-order valence-corrected chi connectivity index (χ3v) is 5.46. The lowest BCUT2D eigenvalue weighted by Crippen LogP contribution is -2.20. The number of alkyl halides is 3. The summed E-state index contributed by atoms with van der Waals surface area (Å²) in [6.45, 7) is 5.99. The zero-order valence-electron chi connectivity index (χ0n) is 18.5. The quantitative estimate of drug-likeness (QED) is 0.489. The van der Waals surface area contributed by atoms with E-state index >= 15 is 0 Å². The summed E-state index contributed by atoms with van der Waals surface area (Å²) in [5.74, 6) is 0.321. The van der Waals surface area contributed by atoms with E-state index in [1.165, 1.54) is 12.1 Å². The molecule has 1 heterocycles. The Morgan fingerprint density at radius 3 is 2.70 bits per heavy atom. The number of hydrogen-bond donors (Lipinski definition) is 2. The number of allylic oxidation sites excluding steroid dienone is 3. The molecular weight excluding hydrogens is 451 g/mol. The Labute approximate surface area is 196 Å². The molecule has 4 nitrogen and oxygen atoms in total. The number of carbonyl (C=O) groups is 1. The lowest BCUT2D eigenvalue weighted by Gasteiger charge is -2.20. The van der Waals surface area contributed by atoms with Crippen LogP contribution < -0.4 is 10.6 Å². The number of benzene rings is 2. The molecule has 2 aromatic rings. The van der Waals surface area contributed by atoms with E-state index in [1.807, 2.05) is 32.1 Å². The molecule has 0 saturated carbocycles. The van der Waals surface area contributed by atoms with Crippen molar-refractivity contribution in [2.45, 2.75) is 39.4 Å². The summed E-state index contributed by atoms with van der Waals surface area (Å²) in [6, 6.07) is 9.55. The lowest BCUT2D eigenvalue weighted by atomic mass is 10.0. The molecule has 2 N–H and O–H groups in total. The van der Waals surface area contributed by atoms with Gasteiger partial charge in [-0.1, -0.05) is 36.7 Å². The standard InChI is InChI=1S/C25H25ClF3N3O/c1-15-6-4-9-22(26)32-23(12-15)30-17(3)21-14-20(11-10-16(21)2)31-24(33)18-7-5-8-19(13-18)25(27,28)29/h4-5,7-15,17,30H,6H2,1-3H3,(H,31,33)/b9-4+,23-12?,32-22?/t15?,17-/m0/s1. The van der Waals surface area contributed by atoms with Gasteiger partial charge in [0, 0.05) is 11.3 Å². The predicted molar refractivity (Wildman–Crippen MR) is 126 cm³/mol. The Balaban J connectivity index is 1.79. The molecule has 2 aromatic carbocycles. The molecule has 1 amide bonds. The van der Waals surface area contributed by atoms with E-state index in [9.17, 15) is 18.0 Å². The van der Waals surface area contributed by atoms with Crippen molar-refractivity contribution in [1.82, 2.24) is 5.32 Å². The molecule has 0 spiro atoms. The average Bonchev–Trinajstić information content (AvgIpc) is 2.73. The minimum absolute atomic E-state index is 0.0659. The zero-order chi connectivity index (χ0) is 24.2. The first-order valence-corrected chi connectivity index (χ1v) is 10.9. The maximum absolute atomic E-state index is 13.0. The molecule has 33 heavy (non-hydrogen) atoms. The Morgan fingerprint density at radius 1 is 1.21 bits per heavy atom. The molecule has 0 radical (unpaired) electrons. The van der Waals surface area contributed by atoms with Crippen molar-refractivity contribution >= 4 is 28.4 Å². The normalized spacial score (nSPS) is 18.3. The average molecular weight is 476 g/mol. The topological polar surface area (TPSA) is 53.5 Å². The van der Waals surface area contributed by atoms with Crippen LogP contribution in [0.5, 0.6) is 0 Å². The minimum Gasteiger partial charge on any atom is -0.364 e. The number of aliphatic imine (C=N–C) groups is 1. The van der Waals surface area contributed by atoms with Crippen molar-refractivity contribution in [2.75, 3.05) is 5.32 Å². The molecule has 8 heteroatoms. The maximum atomic E-state index is 13.0. The summed E-state index contributed by atoms with van der Waals surface area (Å²) in [7, 11) is 0. The van der Waals surface area contributed by atoms with Crippen LogP contribution in [0.1, 0.15) is 53.4 Å². The van der Waals surface area contributed by atoms with E-state index in [0.717, 1.165) is 29.7 Å². The van der Waals surface area contributed by atoms with Crippen molar-refractivity contribution in [2.24, 2.45) is 10.9 Å². The Bertz CT molecular complexity index is 1120. The van der Waals surface area contributed by atoms with Gasteiger partial charge in [0.05, 0.1) is 11.6 Å². The summed E-state index contributed by atoms with van der Waals surface area (Å²) in [5.41, 5.74) is 1.45. The van der Waals surface area contributed by atoms with Gasteiger partial charge in [-0.25, -0.2) is 4.99 Å². The van der Waals surface area contributed by atoms with Crippen LogP contribution in [0.3, 0.4) is 0 Å². The molecule has 0 aromatic heterocycles. The first-order valence-electron chi connectivity index (χ1n) is 10.5. The minimum atomic E-state index is -4.52. The Hall–Kier alpha value is -3.06. The first-order chi connectivity index (χ1) is 15.5. The summed E-state index contributed by atoms with van der Waals surface area (Å²) in [4.78, 5) is 17.0. The number of nitrogens with one attached hydrogen (secondary N) is 2. The van der Waals surface area contributed by atoms with Gasteiger partial charge in [0.25, 0.3) is 5.91 Å². The smallest absolute Gasteiger partial charge is 0.364 e. The summed E-state index contributed by atoms with van der Waals surface area (Å²) in [5, 5.41) is 6.43. The van der Waals surface area contributed by atoms with Gasteiger partial charge in [0.15, 0.2) is 0 Å². The molecule has 0 fully saturated rings. The monoisotopic (exact) mass is 475 g/mol. The van der Waals surface area contributed by atoms with Gasteiger partial charge in [-0.2, -0.15) is 13.2 Å². The Morgan fingerprint density at radius 2 is 1.97 bits per heavy atom. The number of halogens is 4. The third-order valence-electron chi connectivity index (χ3n) is 5.25. The van der Waals surface area contributed by atoms with Gasteiger partial charge in [0.2, 0.25) is 0 Å². The molecule has 1 aliphatic heterocycles. The number of anilines is 1. The van der Waals surface area contributed by atoms with Crippen LogP contribution in [0.4, 0.5) is 18.9 Å². The number of aryl methyl sites for hydroxylation is 1. The number of nitrogens with zero attached hydrogens (tertiary/aromatic N) is 1. The van der Waals surface area contributed by atoms with Crippen LogP contribution in [-0.4, -0.2) is 11.1 Å². The molecule has 0 bridgehead atoms. The molecule has 2 atom stereocenters. The second-order valence-corrected chi connectivity index (χ2v) is 8.46. The SMILES string of the molecule is Cc1ccc(NC(=O)c2cccc(C(F)(F)F)c2)cc1[C@H](C)NC1=CC(C)C/C=C/C(Cl)=N1. The van der Waals surface area contributed by atoms with E-state index < -0.39 is 17.6 Å². The van der Waals surface area contributed by atoms with E-state index in [2.05, 4.69) is 22.5 Å². The maximum Gasteiger partial charge on any atom is 0.416 e. The van der Waals surface area contributed by atoms with E-state index in [1.54, 1.807) is 18.2 Å².